The molecule has 3 amide bonds. The summed E-state index contributed by atoms with van der Waals surface area (Å²) in [4.78, 5) is 42.5. The molecule has 2 aliphatic rings. The number of hydrogen-bond donors (Lipinski definition) is 1. The standard InChI is InChI=1S/C24H35N3O4/c1-5-13-25-21(29)19-17-31-24(27(19)22(30)18-9-7-6-8-10-18)11-14-26(15-12-24)20(28)16-23(2,3)4/h6-10,19H,5,11-17H2,1-4H3,(H,25,29). The second kappa shape index (κ2) is 9.39. The zero-order valence-electron chi connectivity index (χ0n) is 19.1. The Hall–Kier alpha value is -2.41. The van der Waals surface area contributed by atoms with E-state index < -0.39 is 11.8 Å². The van der Waals surface area contributed by atoms with Gasteiger partial charge >= 0.3 is 0 Å². The third kappa shape index (κ3) is 5.26. The van der Waals surface area contributed by atoms with Crippen molar-refractivity contribution in [2.24, 2.45) is 5.41 Å². The maximum Gasteiger partial charge on any atom is 0.256 e. The Kier molecular flexibility index (Phi) is 7.04. The maximum absolute atomic E-state index is 13.5. The molecule has 7 heteroatoms. The van der Waals surface area contributed by atoms with E-state index in [0.717, 1.165) is 6.42 Å². The molecule has 1 unspecified atom stereocenters. The number of piperidine rings is 1. The van der Waals surface area contributed by atoms with Crippen LogP contribution in [0.25, 0.3) is 0 Å². The molecule has 2 heterocycles. The van der Waals surface area contributed by atoms with Crippen LogP contribution < -0.4 is 5.32 Å². The summed E-state index contributed by atoms with van der Waals surface area (Å²) in [6, 6.07) is 8.34. The molecule has 2 fully saturated rings. The molecule has 1 spiro atoms. The Morgan fingerprint density at radius 3 is 2.35 bits per heavy atom. The molecule has 3 rings (SSSR count). The normalized spacial score (nSPS) is 20.7. The molecule has 2 aliphatic heterocycles. The van der Waals surface area contributed by atoms with Gasteiger partial charge in [-0.3, -0.25) is 19.3 Å². The largest absolute Gasteiger partial charge is 0.354 e. The highest BCUT2D eigenvalue weighted by atomic mass is 16.5. The Morgan fingerprint density at radius 1 is 1.13 bits per heavy atom. The fraction of sp³-hybridized carbons (Fsp3) is 0.625. The topological polar surface area (TPSA) is 79.0 Å². The zero-order valence-corrected chi connectivity index (χ0v) is 19.1. The molecule has 1 aromatic carbocycles. The van der Waals surface area contributed by atoms with Crippen molar-refractivity contribution in [1.29, 1.82) is 0 Å². The van der Waals surface area contributed by atoms with Crippen LogP contribution in [0.1, 0.15) is 63.7 Å². The number of nitrogens with zero attached hydrogens (tertiary/aromatic N) is 2. The fourth-order valence-electron chi connectivity index (χ4n) is 4.32. The lowest BCUT2D eigenvalue weighted by Gasteiger charge is -2.44. The minimum absolute atomic E-state index is 0.0755. The monoisotopic (exact) mass is 429 g/mol. The highest BCUT2D eigenvalue weighted by Gasteiger charge is 2.54. The van der Waals surface area contributed by atoms with E-state index in [0.29, 0.717) is 44.5 Å². The zero-order chi connectivity index (χ0) is 22.6. The van der Waals surface area contributed by atoms with E-state index >= 15 is 0 Å². The van der Waals surface area contributed by atoms with Crippen LogP contribution in [0.15, 0.2) is 30.3 Å². The van der Waals surface area contributed by atoms with Crippen LogP contribution in [-0.4, -0.2) is 65.5 Å². The number of carbonyl (C=O) groups is 3. The van der Waals surface area contributed by atoms with Crippen LogP contribution in [0.4, 0.5) is 0 Å². The third-order valence-electron chi connectivity index (χ3n) is 5.93. The summed E-state index contributed by atoms with van der Waals surface area (Å²) < 4.78 is 6.19. The van der Waals surface area contributed by atoms with E-state index in [-0.39, 0.29) is 29.7 Å². The van der Waals surface area contributed by atoms with Gasteiger partial charge in [0.05, 0.1) is 6.61 Å². The number of ether oxygens (including phenoxy) is 1. The molecule has 170 valence electrons. The molecule has 0 aliphatic carbocycles. The summed E-state index contributed by atoms with van der Waals surface area (Å²) >= 11 is 0. The Bertz CT molecular complexity index is 795. The Morgan fingerprint density at radius 2 is 1.77 bits per heavy atom. The second-order valence-corrected chi connectivity index (χ2v) is 9.72. The van der Waals surface area contributed by atoms with E-state index in [1.807, 2.05) is 30.0 Å². The van der Waals surface area contributed by atoms with Gasteiger partial charge in [-0.25, -0.2) is 0 Å². The summed E-state index contributed by atoms with van der Waals surface area (Å²) in [5, 5.41) is 2.91. The Balaban J connectivity index is 1.81. The van der Waals surface area contributed by atoms with E-state index in [1.165, 1.54) is 0 Å². The lowest BCUT2D eigenvalue weighted by Crippen LogP contribution is -2.60. The number of nitrogens with one attached hydrogen (secondary N) is 1. The van der Waals surface area contributed by atoms with Gasteiger partial charge in [0, 0.05) is 44.5 Å². The van der Waals surface area contributed by atoms with Crippen molar-refractivity contribution in [2.75, 3.05) is 26.2 Å². The van der Waals surface area contributed by atoms with Crippen molar-refractivity contribution in [3.05, 3.63) is 35.9 Å². The highest BCUT2D eigenvalue weighted by molar-refractivity contribution is 5.98. The molecule has 2 saturated heterocycles. The van der Waals surface area contributed by atoms with Gasteiger partial charge in [0.1, 0.15) is 11.8 Å². The third-order valence-corrected chi connectivity index (χ3v) is 5.93. The lowest BCUT2D eigenvalue weighted by atomic mass is 9.90. The van der Waals surface area contributed by atoms with Crippen LogP contribution in [0.3, 0.4) is 0 Å². The first-order valence-electron chi connectivity index (χ1n) is 11.2. The molecule has 7 nitrogen and oxygen atoms in total. The summed E-state index contributed by atoms with van der Waals surface area (Å²) in [7, 11) is 0. The van der Waals surface area contributed by atoms with Crippen LogP contribution in [0.2, 0.25) is 0 Å². The SMILES string of the molecule is CCCNC(=O)C1COC2(CCN(C(=O)CC(C)(C)C)CC2)N1C(=O)c1ccccc1. The van der Waals surface area contributed by atoms with Gasteiger partial charge in [-0.05, 0) is 24.0 Å². The van der Waals surface area contributed by atoms with Gasteiger partial charge in [0.2, 0.25) is 11.8 Å². The van der Waals surface area contributed by atoms with Crippen molar-refractivity contribution in [3.8, 4) is 0 Å². The van der Waals surface area contributed by atoms with E-state index in [1.54, 1.807) is 17.0 Å². The maximum atomic E-state index is 13.5. The first-order chi connectivity index (χ1) is 14.7. The minimum Gasteiger partial charge on any atom is -0.354 e. The van der Waals surface area contributed by atoms with Gasteiger partial charge in [0.15, 0.2) is 0 Å². The van der Waals surface area contributed by atoms with Gasteiger partial charge < -0.3 is 15.0 Å². The van der Waals surface area contributed by atoms with Gasteiger partial charge in [-0.2, -0.15) is 0 Å². The molecule has 0 radical (unpaired) electrons. The van der Waals surface area contributed by atoms with E-state index in [9.17, 15) is 14.4 Å². The molecule has 0 saturated carbocycles. The molecule has 1 atom stereocenters. The van der Waals surface area contributed by atoms with E-state index in [2.05, 4.69) is 26.1 Å². The summed E-state index contributed by atoms with van der Waals surface area (Å²) in [5.41, 5.74) is -0.403. The van der Waals surface area contributed by atoms with Crippen LogP contribution >= 0.6 is 0 Å². The van der Waals surface area contributed by atoms with Crippen LogP contribution in [0.5, 0.6) is 0 Å². The van der Waals surface area contributed by atoms with Crippen molar-refractivity contribution in [3.63, 3.8) is 0 Å². The molecule has 0 bridgehead atoms. The van der Waals surface area contributed by atoms with Crippen molar-refractivity contribution < 1.29 is 19.1 Å². The summed E-state index contributed by atoms with van der Waals surface area (Å²) in [6.45, 7) is 9.90. The molecular formula is C24H35N3O4. The quantitative estimate of drug-likeness (QED) is 0.781. The minimum atomic E-state index is -0.861. The van der Waals surface area contributed by atoms with Crippen molar-refractivity contribution >= 4 is 17.7 Å². The molecular weight excluding hydrogens is 394 g/mol. The number of rotatable bonds is 5. The summed E-state index contributed by atoms with van der Waals surface area (Å²) in [6.07, 6.45) is 2.30. The number of benzene rings is 1. The average Bonchev–Trinajstić information content (AvgIpc) is 3.10. The summed E-state index contributed by atoms with van der Waals surface area (Å²) in [5.74, 6) is -0.267. The molecule has 1 N–H and O–H groups in total. The first kappa shape index (κ1) is 23.3. The van der Waals surface area contributed by atoms with Crippen molar-refractivity contribution in [1.82, 2.24) is 15.1 Å². The average molecular weight is 430 g/mol. The number of hydrogen-bond acceptors (Lipinski definition) is 4. The van der Waals surface area contributed by atoms with Crippen LogP contribution in [-0.2, 0) is 14.3 Å². The first-order valence-corrected chi connectivity index (χ1v) is 11.2. The van der Waals surface area contributed by atoms with Gasteiger partial charge in [0.25, 0.3) is 5.91 Å². The molecule has 31 heavy (non-hydrogen) atoms. The van der Waals surface area contributed by atoms with Crippen molar-refractivity contribution in [2.45, 2.75) is 65.1 Å². The molecule has 1 aromatic rings. The number of carbonyl (C=O) groups excluding carboxylic acids is 3. The fourth-order valence-corrected chi connectivity index (χ4v) is 4.32. The van der Waals surface area contributed by atoms with Crippen LogP contribution in [0, 0.1) is 5.41 Å². The highest BCUT2D eigenvalue weighted by Crippen LogP contribution is 2.39. The number of likely N-dealkylation sites (tertiary alicyclic amines) is 1. The van der Waals surface area contributed by atoms with Gasteiger partial charge in [-0.1, -0.05) is 45.9 Å². The predicted octanol–water partition coefficient (Wildman–Crippen LogP) is 2.81. The molecule has 0 aromatic heterocycles. The predicted molar refractivity (Wildman–Crippen MR) is 118 cm³/mol. The second-order valence-electron chi connectivity index (χ2n) is 9.72. The van der Waals surface area contributed by atoms with E-state index in [4.69, 9.17) is 4.74 Å². The van der Waals surface area contributed by atoms with Gasteiger partial charge in [-0.15, -0.1) is 0 Å². The Labute approximate surface area is 185 Å². The smallest absolute Gasteiger partial charge is 0.256 e. The number of amides is 3. The lowest BCUT2D eigenvalue weighted by molar-refractivity contribution is -0.145.